The van der Waals surface area contributed by atoms with Crippen LogP contribution in [0.25, 0.3) is 0 Å². The van der Waals surface area contributed by atoms with E-state index < -0.39 is 5.91 Å². The Hall–Kier alpha value is -1.46. The molecule has 0 heterocycles. The third-order valence-corrected chi connectivity index (χ3v) is 2.65. The first-order chi connectivity index (χ1) is 7.68. The van der Waals surface area contributed by atoms with E-state index in [-0.39, 0.29) is 18.5 Å². The van der Waals surface area contributed by atoms with Gasteiger partial charge in [-0.25, -0.2) is 4.39 Å². The van der Waals surface area contributed by atoms with Gasteiger partial charge < -0.3 is 5.73 Å². The summed E-state index contributed by atoms with van der Waals surface area (Å²) in [5.74, 6) is -0.721. The number of primary amides is 1. The molecule has 1 aliphatic rings. The Morgan fingerprint density at radius 1 is 1.62 bits per heavy atom. The second-order valence-electron chi connectivity index (χ2n) is 3.77. The highest BCUT2D eigenvalue weighted by molar-refractivity contribution is 5.74. The van der Waals surface area contributed by atoms with Crippen LogP contribution in [-0.2, 0) is 16.1 Å². The Bertz CT molecular complexity index is 409. The van der Waals surface area contributed by atoms with Crippen molar-refractivity contribution in [2.24, 2.45) is 5.73 Å². The number of fused-ring (bicyclic) bond motifs is 1. The Morgan fingerprint density at radius 3 is 3.19 bits per heavy atom. The molecule has 1 unspecified atom stereocenters. The van der Waals surface area contributed by atoms with Gasteiger partial charge in [0.2, 0.25) is 5.91 Å². The predicted molar refractivity (Wildman–Crippen MR) is 55.7 cm³/mol. The number of hydroxylamine groups is 1. The van der Waals surface area contributed by atoms with Crippen molar-refractivity contribution in [3.8, 4) is 0 Å². The van der Waals surface area contributed by atoms with Gasteiger partial charge >= 0.3 is 0 Å². The number of hydrogen-bond donors (Lipinski definition) is 2. The van der Waals surface area contributed by atoms with Gasteiger partial charge in [-0.2, -0.15) is 5.48 Å². The number of amides is 1. The smallest absolute Gasteiger partial charge is 0.245 e. The van der Waals surface area contributed by atoms with E-state index in [0.29, 0.717) is 6.42 Å². The Kier molecular flexibility index (Phi) is 3.17. The van der Waals surface area contributed by atoms with Crippen LogP contribution in [0.1, 0.15) is 23.6 Å². The number of nitrogens with one attached hydrogen (secondary N) is 1. The van der Waals surface area contributed by atoms with E-state index in [1.807, 2.05) is 6.07 Å². The number of halogens is 1. The molecule has 1 aliphatic carbocycles. The summed E-state index contributed by atoms with van der Waals surface area (Å²) in [7, 11) is 0. The summed E-state index contributed by atoms with van der Waals surface area (Å²) in [6, 6.07) is 4.91. The van der Waals surface area contributed by atoms with Crippen LogP contribution in [0, 0.1) is 5.82 Å². The molecule has 86 valence electrons. The minimum absolute atomic E-state index is 0.0648. The van der Waals surface area contributed by atoms with E-state index >= 15 is 0 Å². The van der Waals surface area contributed by atoms with Crippen LogP contribution in [0.5, 0.6) is 0 Å². The molecule has 1 aromatic carbocycles. The van der Waals surface area contributed by atoms with Crippen molar-refractivity contribution >= 4 is 5.91 Å². The summed E-state index contributed by atoms with van der Waals surface area (Å²) in [5.41, 5.74) is 9.28. The summed E-state index contributed by atoms with van der Waals surface area (Å²) < 4.78 is 13.4. The molecule has 0 aliphatic heterocycles. The number of carbonyl (C=O) groups is 1. The normalized spacial score (nSPS) is 18.4. The number of rotatable bonds is 4. The standard InChI is InChI=1S/C11H13FN2O2/c12-9-3-1-2-8-7(9)4-5-10(8)14-16-6-11(13)15/h1-3,10,14H,4-6H2,(H2,13,15). The van der Waals surface area contributed by atoms with Crippen molar-refractivity contribution in [3.05, 3.63) is 35.1 Å². The molecule has 0 saturated carbocycles. The fraction of sp³-hybridized carbons (Fsp3) is 0.364. The lowest BCUT2D eigenvalue weighted by atomic mass is 10.1. The first-order valence-electron chi connectivity index (χ1n) is 5.11. The average Bonchev–Trinajstić information content (AvgIpc) is 2.63. The second kappa shape index (κ2) is 4.59. The lowest BCUT2D eigenvalue weighted by molar-refractivity contribution is -0.126. The van der Waals surface area contributed by atoms with Gasteiger partial charge in [0.05, 0.1) is 6.04 Å². The van der Waals surface area contributed by atoms with Crippen LogP contribution < -0.4 is 11.2 Å². The summed E-state index contributed by atoms with van der Waals surface area (Å²) in [5, 5.41) is 0. The van der Waals surface area contributed by atoms with Gasteiger partial charge in [-0.1, -0.05) is 12.1 Å². The fourth-order valence-corrected chi connectivity index (χ4v) is 1.95. The van der Waals surface area contributed by atoms with E-state index in [1.54, 1.807) is 6.07 Å². The van der Waals surface area contributed by atoms with Gasteiger partial charge in [0.1, 0.15) is 12.4 Å². The van der Waals surface area contributed by atoms with E-state index in [2.05, 4.69) is 5.48 Å². The zero-order valence-electron chi connectivity index (χ0n) is 8.70. The number of hydrogen-bond acceptors (Lipinski definition) is 3. The monoisotopic (exact) mass is 224 g/mol. The predicted octanol–water partition coefficient (Wildman–Crippen LogP) is 0.819. The van der Waals surface area contributed by atoms with Gasteiger partial charge in [-0.3, -0.25) is 9.63 Å². The van der Waals surface area contributed by atoms with Crippen molar-refractivity contribution < 1.29 is 14.0 Å². The highest BCUT2D eigenvalue weighted by atomic mass is 19.1. The summed E-state index contributed by atoms with van der Waals surface area (Å²) in [4.78, 5) is 15.4. The van der Waals surface area contributed by atoms with Gasteiger partial charge in [0.15, 0.2) is 0 Å². The maximum atomic E-state index is 13.4. The van der Waals surface area contributed by atoms with Crippen molar-refractivity contribution in [1.82, 2.24) is 5.48 Å². The molecule has 4 nitrogen and oxygen atoms in total. The Balaban J connectivity index is 2.01. The van der Waals surface area contributed by atoms with Crippen molar-refractivity contribution in [3.63, 3.8) is 0 Å². The minimum atomic E-state index is -0.537. The van der Waals surface area contributed by atoms with Crippen LogP contribution in [0.3, 0.4) is 0 Å². The molecule has 16 heavy (non-hydrogen) atoms. The lowest BCUT2D eigenvalue weighted by Crippen LogP contribution is -2.27. The topological polar surface area (TPSA) is 64.4 Å². The van der Waals surface area contributed by atoms with Gasteiger partial charge in [-0.05, 0) is 30.0 Å². The average molecular weight is 224 g/mol. The second-order valence-corrected chi connectivity index (χ2v) is 3.77. The molecular formula is C11H13FN2O2. The summed E-state index contributed by atoms with van der Waals surface area (Å²) >= 11 is 0. The molecule has 0 bridgehead atoms. The zero-order valence-corrected chi connectivity index (χ0v) is 8.70. The molecule has 3 N–H and O–H groups in total. The quantitative estimate of drug-likeness (QED) is 0.744. The molecule has 5 heteroatoms. The fourth-order valence-electron chi connectivity index (χ4n) is 1.95. The summed E-state index contributed by atoms with van der Waals surface area (Å²) in [6.07, 6.45) is 1.44. The third kappa shape index (κ3) is 2.20. The minimum Gasteiger partial charge on any atom is -0.368 e. The van der Waals surface area contributed by atoms with Crippen molar-refractivity contribution in [2.75, 3.05) is 6.61 Å². The third-order valence-electron chi connectivity index (χ3n) is 2.65. The van der Waals surface area contributed by atoms with Gasteiger partial charge in [-0.15, -0.1) is 0 Å². The van der Waals surface area contributed by atoms with Crippen LogP contribution in [0.15, 0.2) is 18.2 Å². The first kappa shape index (κ1) is 11.0. The maximum absolute atomic E-state index is 13.4. The molecule has 2 rings (SSSR count). The van der Waals surface area contributed by atoms with Gasteiger partial charge in [0.25, 0.3) is 0 Å². The van der Waals surface area contributed by atoms with E-state index in [0.717, 1.165) is 17.5 Å². The molecule has 0 fully saturated rings. The van der Waals surface area contributed by atoms with Crippen molar-refractivity contribution in [2.45, 2.75) is 18.9 Å². The lowest BCUT2D eigenvalue weighted by Gasteiger charge is -2.12. The van der Waals surface area contributed by atoms with Crippen LogP contribution in [0.4, 0.5) is 4.39 Å². The van der Waals surface area contributed by atoms with Crippen LogP contribution >= 0.6 is 0 Å². The molecule has 0 radical (unpaired) electrons. The molecule has 0 aromatic heterocycles. The molecule has 1 atom stereocenters. The van der Waals surface area contributed by atoms with E-state index in [9.17, 15) is 9.18 Å². The molecular weight excluding hydrogens is 211 g/mol. The molecule has 1 amide bonds. The molecule has 1 aromatic rings. The summed E-state index contributed by atoms with van der Waals surface area (Å²) in [6.45, 7) is -0.179. The number of carbonyl (C=O) groups excluding carboxylic acids is 1. The maximum Gasteiger partial charge on any atom is 0.245 e. The Morgan fingerprint density at radius 2 is 2.44 bits per heavy atom. The number of benzene rings is 1. The zero-order chi connectivity index (χ0) is 11.5. The highest BCUT2D eigenvalue weighted by Crippen LogP contribution is 2.32. The van der Waals surface area contributed by atoms with Crippen LogP contribution in [-0.4, -0.2) is 12.5 Å². The largest absolute Gasteiger partial charge is 0.368 e. The highest BCUT2D eigenvalue weighted by Gasteiger charge is 2.24. The van der Waals surface area contributed by atoms with E-state index in [1.165, 1.54) is 6.07 Å². The number of nitrogens with two attached hydrogens (primary N) is 1. The van der Waals surface area contributed by atoms with Gasteiger partial charge in [0, 0.05) is 0 Å². The Labute approximate surface area is 92.5 Å². The van der Waals surface area contributed by atoms with E-state index in [4.69, 9.17) is 10.6 Å². The molecule has 0 saturated heterocycles. The SMILES string of the molecule is NC(=O)CONC1CCc2c(F)cccc21. The molecule has 0 spiro atoms. The van der Waals surface area contributed by atoms with Crippen molar-refractivity contribution in [1.29, 1.82) is 0 Å². The van der Waals surface area contributed by atoms with Crippen LogP contribution in [0.2, 0.25) is 0 Å². The first-order valence-corrected chi connectivity index (χ1v) is 5.11.